The summed E-state index contributed by atoms with van der Waals surface area (Å²) in [6, 6.07) is 12.6. The van der Waals surface area contributed by atoms with Crippen molar-refractivity contribution in [2.45, 2.75) is 38.5 Å². The quantitative estimate of drug-likeness (QED) is 0.644. The van der Waals surface area contributed by atoms with Gasteiger partial charge in [-0.15, -0.1) is 0 Å². The van der Waals surface area contributed by atoms with Crippen LogP contribution in [0.4, 0.5) is 5.69 Å². The summed E-state index contributed by atoms with van der Waals surface area (Å²) in [4.78, 5) is 24.2. The number of sulfonamides is 1. The molecule has 1 amide bonds. The third-order valence-corrected chi connectivity index (χ3v) is 6.10. The lowest BCUT2D eigenvalue weighted by atomic mass is 10.1. The normalized spacial score (nSPS) is 11.4. The molecule has 0 spiro atoms. The van der Waals surface area contributed by atoms with E-state index < -0.39 is 15.9 Å². The standard InChI is InChI=1S/C21H26N2O4S/c1-4-12-23(13-5-2)28(26,27)20-11-7-9-18(15-20)21(25)22-19-10-6-8-17(14-19)16(3)24/h6-11,14-15H,4-5,12-13H2,1-3H3,(H,22,25). The number of carbonyl (C=O) groups is 2. The van der Waals surface area contributed by atoms with Crippen molar-refractivity contribution in [3.8, 4) is 0 Å². The molecule has 2 rings (SSSR count). The van der Waals surface area contributed by atoms with Crippen LogP contribution >= 0.6 is 0 Å². The first-order valence-corrected chi connectivity index (χ1v) is 10.8. The van der Waals surface area contributed by atoms with Crippen molar-refractivity contribution >= 4 is 27.4 Å². The van der Waals surface area contributed by atoms with E-state index in [1.54, 1.807) is 36.4 Å². The third kappa shape index (κ3) is 5.27. The molecule has 0 heterocycles. The topological polar surface area (TPSA) is 83.6 Å². The lowest BCUT2D eigenvalue weighted by Gasteiger charge is -2.21. The molecular formula is C21H26N2O4S. The second-order valence-electron chi connectivity index (χ2n) is 6.52. The van der Waals surface area contributed by atoms with E-state index >= 15 is 0 Å². The zero-order valence-electron chi connectivity index (χ0n) is 16.4. The predicted molar refractivity (Wildman–Crippen MR) is 110 cm³/mol. The molecule has 1 N–H and O–H groups in total. The number of amides is 1. The second kappa shape index (κ2) is 9.61. The molecule has 0 saturated heterocycles. The van der Waals surface area contributed by atoms with Crippen molar-refractivity contribution in [1.82, 2.24) is 4.31 Å². The van der Waals surface area contributed by atoms with Gasteiger partial charge in [0.1, 0.15) is 0 Å². The van der Waals surface area contributed by atoms with E-state index in [4.69, 9.17) is 0 Å². The molecule has 0 unspecified atom stereocenters. The molecule has 0 radical (unpaired) electrons. The van der Waals surface area contributed by atoms with Gasteiger partial charge in [0.15, 0.2) is 5.78 Å². The van der Waals surface area contributed by atoms with Crippen LogP contribution in [0.3, 0.4) is 0 Å². The van der Waals surface area contributed by atoms with E-state index in [1.807, 2.05) is 13.8 Å². The van der Waals surface area contributed by atoms with Gasteiger partial charge in [0.25, 0.3) is 5.91 Å². The Morgan fingerprint density at radius 2 is 1.54 bits per heavy atom. The third-order valence-electron chi connectivity index (χ3n) is 4.21. The molecule has 0 saturated carbocycles. The highest BCUT2D eigenvalue weighted by Gasteiger charge is 2.24. The fraction of sp³-hybridized carbons (Fsp3) is 0.333. The Kier molecular flexibility index (Phi) is 7.48. The molecular weight excluding hydrogens is 376 g/mol. The smallest absolute Gasteiger partial charge is 0.255 e. The van der Waals surface area contributed by atoms with Crippen LogP contribution in [0.5, 0.6) is 0 Å². The summed E-state index contributed by atoms with van der Waals surface area (Å²) >= 11 is 0. The van der Waals surface area contributed by atoms with Crippen molar-refractivity contribution in [3.05, 3.63) is 59.7 Å². The minimum absolute atomic E-state index is 0.0968. The maximum absolute atomic E-state index is 12.9. The summed E-state index contributed by atoms with van der Waals surface area (Å²) in [5.74, 6) is -0.536. The van der Waals surface area contributed by atoms with Crippen molar-refractivity contribution in [1.29, 1.82) is 0 Å². The van der Waals surface area contributed by atoms with Crippen LogP contribution in [0.2, 0.25) is 0 Å². The minimum atomic E-state index is -3.66. The highest BCUT2D eigenvalue weighted by Crippen LogP contribution is 2.19. The molecule has 0 aromatic heterocycles. The summed E-state index contributed by atoms with van der Waals surface area (Å²) in [7, 11) is -3.66. The first-order valence-electron chi connectivity index (χ1n) is 9.32. The Morgan fingerprint density at radius 3 is 2.14 bits per heavy atom. The monoisotopic (exact) mass is 402 g/mol. The zero-order valence-corrected chi connectivity index (χ0v) is 17.3. The van der Waals surface area contributed by atoms with Crippen molar-refractivity contribution < 1.29 is 18.0 Å². The lowest BCUT2D eigenvalue weighted by molar-refractivity contribution is 0.101. The van der Waals surface area contributed by atoms with Gasteiger partial charge in [-0.05, 0) is 50.1 Å². The molecule has 150 valence electrons. The molecule has 2 aromatic carbocycles. The van der Waals surface area contributed by atoms with Gasteiger partial charge in [-0.25, -0.2) is 8.42 Å². The van der Waals surface area contributed by atoms with Crippen molar-refractivity contribution in [2.24, 2.45) is 0 Å². The highest BCUT2D eigenvalue weighted by atomic mass is 32.2. The van der Waals surface area contributed by atoms with Gasteiger partial charge in [0, 0.05) is 29.9 Å². The van der Waals surface area contributed by atoms with Crippen LogP contribution in [-0.2, 0) is 10.0 Å². The molecule has 0 atom stereocenters. The number of ketones is 1. The highest BCUT2D eigenvalue weighted by molar-refractivity contribution is 7.89. The van der Waals surface area contributed by atoms with Gasteiger partial charge >= 0.3 is 0 Å². The number of Topliss-reactive ketones (excluding diaryl/α,β-unsaturated/α-hetero) is 1. The number of nitrogens with one attached hydrogen (secondary N) is 1. The Labute approximate surface area is 166 Å². The van der Waals surface area contributed by atoms with Gasteiger partial charge in [0.2, 0.25) is 10.0 Å². The Bertz CT molecular complexity index is 948. The summed E-state index contributed by atoms with van der Waals surface area (Å²) in [5.41, 5.74) is 1.20. The first kappa shape index (κ1) is 21.8. The maximum Gasteiger partial charge on any atom is 0.255 e. The molecule has 0 bridgehead atoms. The van der Waals surface area contributed by atoms with Crippen LogP contribution in [0.25, 0.3) is 0 Å². The molecule has 6 nitrogen and oxygen atoms in total. The van der Waals surface area contributed by atoms with Gasteiger partial charge in [0.05, 0.1) is 4.90 Å². The van der Waals surface area contributed by atoms with E-state index in [1.165, 1.54) is 23.4 Å². The molecule has 0 aliphatic carbocycles. The predicted octanol–water partition coefficient (Wildman–Crippen LogP) is 3.95. The summed E-state index contributed by atoms with van der Waals surface area (Å²) < 4.78 is 27.3. The largest absolute Gasteiger partial charge is 0.322 e. The lowest BCUT2D eigenvalue weighted by Crippen LogP contribution is -2.32. The van der Waals surface area contributed by atoms with E-state index in [0.29, 0.717) is 37.2 Å². The molecule has 28 heavy (non-hydrogen) atoms. The van der Waals surface area contributed by atoms with Crippen LogP contribution in [-0.4, -0.2) is 37.5 Å². The number of anilines is 1. The Hall–Kier alpha value is -2.51. The average Bonchev–Trinajstić information content (AvgIpc) is 2.68. The van der Waals surface area contributed by atoms with Crippen LogP contribution in [0.15, 0.2) is 53.4 Å². The van der Waals surface area contributed by atoms with Crippen LogP contribution in [0.1, 0.15) is 54.3 Å². The second-order valence-corrected chi connectivity index (χ2v) is 8.46. The SMILES string of the molecule is CCCN(CCC)S(=O)(=O)c1cccc(C(=O)Nc2cccc(C(C)=O)c2)c1. The number of rotatable bonds is 9. The summed E-state index contributed by atoms with van der Waals surface area (Å²) in [6.07, 6.45) is 1.43. The van der Waals surface area contributed by atoms with Crippen molar-refractivity contribution in [2.75, 3.05) is 18.4 Å². The number of nitrogens with zero attached hydrogens (tertiary/aromatic N) is 1. The van der Waals surface area contributed by atoms with E-state index in [2.05, 4.69) is 5.32 Å². The molecule has 0 aliphatic rings. The van der Waals surface area contributed by atoms with E-state index in [0.717, 1.165) is 0 Å². The Balaban J connectivity index is 2.28. The van der Waals surface area contributed by atoms with Crippen molar-refractivity contribution in [3.63, 3.8) is 0 Å². The molecule has 7 heteroatoms. The van der Waals surface area contributed by atoms with Gasteiger partial charge in [-0.2, -0.15) is 4.31 Å². The first-order chi connectivity index (χ1) is 13.3. The molecule has 0 aliphatic heterocycles. The maximum atomic E-state index is 12.9. The van der Waals surface area contributed by atoms with Gasteiger partial charge in [-0.3, -0.25) is 9.59 Å². The number of hydrogen-bond acceptors (Lipinski definition) is 4. The van der Waals surface area contributed by atoms with Gasteiger partial charge < -0.3 is 5.32 Å². The fourth-order valence-electron chi connectivity index (χ4n) is 2.82. The zero-order chi connectivity index (χ0) is 20.7. The Morgan fingerprint density at radius 1 is 0.929 bits per heavy atom. The molecule has 0 fully saturated rings. The number of carbonyl (C=O) groups excluding carboxylic acids is 2. The summed E-state index contributed by atoms with van der Waals surface area (Å²) in [6.45, 7) is 6.18. The number of hydrogen-bond donors (Lipinski definition) is 1. The van der Waals surface area contributed by atoms with E-state index in [-0.39, 0.29) is 16.2 Å². The van der Waals surface area contributed by atoms with E-state index in [9.17, 15) is 18.0 Å². The average molecular weight is 403 g/mol. The number of benzene rings is 2. The fourth-order valence-corrected chi connectivity index (χ4v) is 4.49. The van der Waals surface area contributed by atoms with Crippen LogP contribution in [0, 0.1) is 0 Å². The summed E-state index contributed by atoms with van der Waals surface area (Å²) in [5, 5.41) is 2.71. The van der Waals surface area contributed by atoms with Crippen LogP contribution < -0.4 is 5.32 Å². The molecule has 2 aromatic rings. The van der Waals surface area contributed by atoms with Gasteiger partial charge in [-0.1, -0.05) is 32.0 Å². The minimum Gasteiger partial charge on any atom is -0.322 e.